The molecule has 1 aromatic carbocycles. The molecule has 0 unspecified atom stereocenters. The number of rotatable bonds is 7. The van der Waals surface area contributed by atoms with Crippen LogP contribution in [-0.2, 0) is 13.1 Å². The Kier molecular flexibility index (Phi) is 5.54. The Bertz CT molecular complexity index is 1010. The van der Waals surface area contributed by atoms with Crippen LogP contribution in [0.3, 0.4) is 0 Å². The summed E-state index contributed by atoms with van der Waals surface area (Å²) in [4.78, 5) is 26.4. The van der Waals surface area contributed by atoms with E-state index in [4.69, 9.17) is 20.9 Å². The van der Waals surface area contributed by atoms with Crippen LogP contribution in [0.5, 0.6) is 5.75 Å². The lowest BCUT2D eigenvalue weighted by molar-refractivity contribution is -0.389. The fourth-order valence-corrected chi connectivity index (χ4v) is 2.53. The minimum absolute atomic E-state index is 0.0331. The Labute approximate surface area is 163 Å². The van der Waals surface area contributed by atoms with Crippen LogP contribution in [-0.4, -0.2) is 37.9 Å². The molecule has 11 nitrogen and oxygen atoms in total. The van der Waals surface area contributed by atoms with Crippen molar-refractivity contribution in [2.75, 3.05) is 7.11 Å². The second-order valence-corrected chi connectivity index (χ2v) is 6.06. The number of hydrogen-bond donors (Lipinski definition) is 1. The number of ether oxygens (including phenoxy) is 1. The lowest BCUT2D eigenvalue weighted by atomic mass is 10.2. The summed E-state index contributed by atoms with van der Waals surface area (Å²) < 4.78 is 11.3. The number of carbonyl (C=O) groups is 1. The second-order valence-electron chi connectivity index (χ2n) is 5.68. The van der Waals surface area contributed by atoms with Gasteiger partial charge in [-0.25, -0.2) is 0 Å². The number of halogens is 1. The molecular weight excluding hydrogens is 392 g/mol. The van der Waals surface area contributed by atoms with Crippen molar-refractivity contribution < 1.29 is 19.0 Å². The third-order valence-electron chi connectivity index (χ3n) is 3.86. The van der Waals surface area contributed by atoms with Gasteiger partial charge >= 0.3 is 17.6 Å². The van der Waals surface area contributed by atoms with Crippen molar-refractivity contribution in [3.63, 3.8) is 0 Å². The summed E-state index contributed by atoms with van der Waals surface area (Å²) in [5.74, 6) is -0.387. The molecule has 2 heterocycles. The van der Waals surface area contributed by atoms with Gasteiger partial charge in [0, 0.05) is 6.54 Å². The van der Waals surface area contributed by atoms with E-state index >= 15 is 0 Å². The molecule has 12 heteroatoms. The minimum atomic E-state index is -0.680. The highest BCUT2D eigenvalue weighted by atomic mass is 35.5. The van der Waals surface area contributed by atoms with Gasteiger partial charge in [-0.3, -0.25) is 4.79 Å². The van der Waals surface area contributed by atoms with E-state index in [2.05, 4.69) is 20.6 Å². The fourth-order valence-electron chi connectivity index (χ4n) is 2.32. The first-order valence-electron chi connectivity index (χ1n) is 8.00. The Hall–Kier alpha value is -3.47. The van der Waals surface area contributed by atoms with Gasteiger partial charge in [-0.05, 0) is 29.5 Å². The standard InChI is InChI=1S/C16H15ClN6O5/c1-9-13(17)14(23(25)26)20-22(9)8-12-19-16(28-21-12)15(24)18-7-10-3-5-11(27-2)6-4-10/h3-6H,7-8H2,1-2H3,(H,18,24). The summed E-state index contributed by atoms with van der Waals surface area (Å²) in [6.45, 7) is 1.81. The van der Waals surface area contributed by atoms with E-state index in [9.17, 15) is 14.9 Å². The molecule has 0 fully saturated rings. The molecule has 146 valence electrons. The van der Waals surface area contributed by atoms with E-state index in [0.29, 0.717) is 11.4 Å². The Morgan fingerprint density at radius 3 is 2.71 bits per heavy atom. The zero-order chi connectivity index (χ0) is 20.3. The number of nitro groups is 1. The molecule has 0 bridgehead atoms. The lowest BCUT2D eigenvalue weighted by Gasteiger charge is -2.04. The van der Waals surface area contributed by atoms with Gasteiger partial charge in [0.1, 0.15) is 12.3 Å². The highest BCUT2D eigenvalue weighted by Crippen LogP contribution is 2.26. The Morgan fingerprint density at radius 2 is 2.11 bits per heavy atom. The fraction of sp³-hybridized carbons (Fsp3) is 0.250. The first kappa shape index (κ1) is 19.3. The van der Waals surface area contributed by atoms with Crippen LogP contribution >= 0.6 is 11.6 Å². The van der Waals surface area contributed by atoms with E-state index < -0.39 is 16.6 Å². The molecule has 0 radical (unpaired) electrons. The van der Waals surface area contributed by atoms with Gasteiger partial charge in [-0.2, -0.15) is 9.67 Å². The number of nitrogens with one attached hydrogen (secondary N) is 1. The van der Waals surface area contributed by atoms with Crippen LogP contribution in [0, 0.1) is 17.0 Å². The molecule has 0 aliphatic carbocycles. The van der Waals surface area contributed by atoms with Crippen molar-refractivity contribution in [3.8, 4) is 5.75 Å². The quantitative estimate of drug-likeness (QED) is 0.465. The van der Waals surface area contributed by atoms with E-state index in [1.807, 2.05) is 12.1 Å². The molecule has 0 atom stereocenters. The van der Waals surface area contributed by atoms with Crippen molar-refractivity contribution >= 4 is 23.3 Å². The monoisotopic (exact) mass is 406 g/mol. The average molecular weight is 407 g/mol. The first-order valence-corrected chi connectivity index (χ1v) is 8.38. The van der Waals surface area contributed by atoms with Gasteiger partial charge in [0.15, 0.2) is 10.8 Å². The molecule has 1 N–H and O–H groups in total. The summed E-state index contributed by atoms with van der Waals surface area (Å²) in [6.07, 6.45) is 0. The molecule has 3 rings (SSSR count). The molecule has 0 spiro atoms. The van der Waals surface area contributed by atoms with Crippen molar-refractivity contribution in [1.29, 1.82) is 0 Å². The van der Waals surface area contributed by atoms with Crippen molar-refractivity contribution in [3.05, 3.63) is 62.4 Å². The van der Waals surface area contributed by atoms with E-state index in [1.165, 1.54) is 4.68 Å². The summed E-state index contributed by atoms with van der Waals surface area (Å²) in [6, 6.07) is 7.19. The van der Waals surface area contributed by atoms with Crippen LogP contribution in [0.25, 0.3) is 0 Å². The highest BCUT2D eigenvalue weighted by Gasteiger charge is 2.25. The number of amides is 1. The van der Waals surface area contributed by atoms with Crippen LogP contribution in [0.4, 0.5) is 5.82 Å². The Balaban J connectivity index is 1.64. The zero-order valence-corrected chi connectivity index (χ0v) is 15.6. The van der Waals surface area contributed by atoms with Crippen molar-refractivity contribution in [1.82, 2.24) is 25.2 Å². The first-order chi connectivity index (χ1) is 13.4. The number of hydrogen-bond acceptors (Lipinski definition) is 8. The summed E-state index contributed by atoms with van der Waals surface area (Å²) in [5, 5.41) is 21.0. The number of benzene rings is 1. The van der Waals surface area contributed by atoms with Crippen LogP contribution in [0.15, 0.2) is 28.8 Å². The predicted molar refractivity (Wildman–Crippen MR) is 96.2 cm³/mol. The van der Waals surface area contributed by atoms with E-state index in [1.54, 1.807) is 26.2 Å². The number of nitrogens with zero attached hydrogens (tertiary/aromatic N) is 5. The third-order valence-corrected chi connectivity index (χ3v) is 4.30. The van der Waals surface area contributed by atoms with Gasteiger partial charge in [-0.15, -0.1) is 0 Å². The maximum Gasteiger partial charge on any atom is 0.408 e. The van der Waals surface area contributed by atoms with Crippen molar-refractivity contribution in [2.24, 2.45) is 0 Å². The Morgan fingerprint density at radius 1 is 1.39 bits per heavy atom. The van der Waals surface area contributed by atoms with E-state index in [0.717, 1.165) is 5.56 Å². The molecule has 0 aliphatic heterocycles. The SMILES string of the molecule is COc1ccc(CNC(=O)c2nc(Cn3nc([N+](=O)[O-])c(Cl)c3C)no2)cc1. The van der Waals surface area contributed by atoms with E-state index in [-0.39, 0.29) is 29.8 Å². The molecule has 0 saturated carbocycles. The molecule has 28 heavy (non-hydrogen) atoms. The maximum absolute atomic E-state index is 12.2. The highest BCUT2D eigenvalue weighted by molar-refractivity contribution is 6.33. The van der Waals surface area contributed by atoms with Crippen LogP contribution < -0.4 is 10.1 Å². The normalized spacial score (nSPS) is 10.7. The third kappa shape index (κ3) is 4.09. The minimum Gasteiger partial charge on any atom is -0.497 e. The second kappa shape index (κ2) is 8.05. The summed E-state index contributed by atoms with van der Waals surface area (Å²) >= 11 is 5.89. The van der Waals surface area contributed by atoms with Gasteiger partial charge in [0.2, 0.25) is 0 Å². The molecule has 0 aliphatic rings. The number of carbonyl (C=O) groups excluding carboxylic acids is 1. The zero-order valence-electron chi connectivity index (χ0n) is 14.9. The number of methoxy groups -OCH3 is 1. The van der Waals surface area contributed by atoms with Crippen LogP contribution in [0.2, 0.25) is 5.02 Å². The van der Waals surface area contributed by atoms with Gasteiger partial charge in [-0.1, -0.05) is 28.9 Å². The summed E-state index contributed by atoms with van der Waals surface area (Å²) in [7, 11) is 1.57. The largest absolute Gasteiger partial charge is 0.497 e. The van der Waals surface area contributed by atoms with Gasteiger partial charge < -0.3 is 24.7 Å². The molecule has 2 aromatic heterocycles. The number of aromatic nitrogens is 4. The van der Waals surface area contributed by atoms with Crippen molar-refractivity contribution in [2.45, 2.75) is 20.0 Å². The smallest absolute Gasteiger partial charge is 0.408 e. The molecule has 0 saturated heterocycles. The van der Waals surface area contributed by atoms with Crippen LogP contribution in [0.1, 0.15) is 27.8 Å². The summed E-state index contributed by atoms with van der Waals surface area (Å²) in [5.41, 5.74) is 1.24. The average Bonchev–Trinajstić information content (AvgIpc) is 3.27. The molecule has 1 amide bonds. The lowest BCUT2D eigenvalue weighted by Crippen LogP contribution is -2.23. The van der Waals surface area contributed by atoms with Gasteiger partial charge in [0.25, 0.3) is 0 Å². The van der Waals surface area contributed by atoms with Gasteiger partial charge in [0.05, 0.1) is 17.9 Å². The molecule has 3 aromatic rings. The predicted octanol–water partition coefficient (Wildman–Crippen LogP) is 2.12. The maximum atomic E-state index is 12.2. The molecular formula is C16H15ClN6O5. The topological polar surface area (TPSA) is 138 Å².